The van der Waals surface area contributed by atoms with Gasteiger partial charge in [-0.2, -0.15) is 0 Å². The Morgan fingerprint density at radius 3 is 2.75 bits per heavy atom. The Morgan fingerprint density at radius 2 is 2.04 bits per heavy atom. The highest BCUT2D eigenvalue weighted by atomic mass is 35.5. The van der Waals surface area contributed by atoms with E-state index in [1.165, 1.54) is 4.57 Å². The zero-order valence-electron chi connectivity index (χ0n) is 14.0. The monoisotopic (exact) mass is 348 g/mol. The van der Waals surface area contributed by atoms with Gasteiger partial charge in [-0.05, 0) is 30.5 Å². The molecule has 0 radical (unpaired) electrons. The molecule has 0 aliphatic carbocycles. The van der Waals surface area contributed by atoms with Crippen LogP contribution in [0.15, 0.2) is 27.8 Å². The molecule has 0 saturated heterocycles. The molecular formula is C17H21ClN4O2. The molecule has 2 aromatic rings. The van der Waals surface area contributed by atoms with Gasteiger partial charge in [0.05, 0.1) is 17.9 Å². The molecule has 128 valence electrons. The first-order chi connectivity index (χ1) is 11.4. The standard InChI is InChI=1S/C17H21ClN4O2/c1-10(2)7-21-8-12-15(19-9-21)22(17(24)20-16(12)23)14-6-4-5-13(18)11(14)3/h4-6,10,19H,7-9H2,1-3H3,(H,20,23,24). The number of H-pyrrole nitrogens is 1. The smallest absolute Gasteiger partial charge is 0.334 e. The predicted molar refractivity (Wildman–Crippen MR) is 96.1 cm³/mol. The number of nitrogens with zero attached hydrogens (tertiary/aromatic N) is 2. The topological polar surface area (TPSA) is 70.1 Å². The zero-order valence-corrected chi connectivity index (χ0v) is 14.8. The Labute approximate surface area is 145 Å². The van der Waals surface area contributed by atoms with E-state index in [-0.39, 0.29) is 5.56 Å². The van der Waals surface area contributed by atoms with E-state index in [4.69, 9.17) is 11.6 Å². The maximum atomic E-state index is 12.4. The first kappa shape index (κ1) is 16.8. The number of aromatic amines is 1. The number of anilines is 1. The SMILES string of the molecule is Cc1c(Cl)cccc1-n1c2c(c(=O)[nH]c1=O)CN(CC(C)C)CN2. The third kappa shape index (κ3) is 2.99. The molecule has 0 amide bonds. The Hall–Kier alpha value is -2.05. The lowest BCUT2D eigenvalue weighted by atomic mass is 10.1. The third-order valence-electron chi connectivity index (χ3n) is 4.16. The van der Waals surface area contributed by atoms with Crippen LogP contribution in [0.1, 0.15) is 25.0 Å². The maximum absolute atomic E-state index is 12.4. The Bertz CT molecular complexity index is 885. The fourth-order valence-corrected chi connectivity index (χ4v) is 3.25. The summed E-state index contributed by atoms with van der Waals surface area (Å²) in [7, 11) is 0. The van der Waals surface area contributed by atoms with Crippen LogP contribution in [-0.4, -0.2) is 27.7 Å². The van der Waals surface area contributed by atoms with Crippen molar-refractivity contribution in [1.82, 2.24) is 14.5 Å². The number of fused-ring (bicyclic) bond motifs is 1. The van der Waals surface area contributed by atoms with Crippen LogP contribution in [0.2, 0.25) is 5.02 Å². The molecule has 1 aromatic heterocycles. The molecule has 0 saturated carbocycles. The van der Waals surface area contributed by atoms with Crippen LogP contribution in [0.3, 0.4) is 0 Å². The van der Waals surface area contributed by atoms with E-state index in [9.17, 15) is 9.59 Å². The lowest BCUT2D eigenvalue weighted by Crippen LogP contribution is -2.44. The summed E-state index contributed by atoms with van der Waals surface area (Å²) in [5, 5.41) is 3.82. The lowest BCUT2D eigenvalue weighted by Gasteiger charge is -2.31. The number of hydrogen-bond donors (Lipinski definition) is 2. The van der Waals surface area contributed by atoms with E-state index in [2.05, 4.69) is 29.0 Å². The maximum Gasteiger partial charge on any atom is 0.334 e. The normalized spacial score (nSPS) is 14.5. The van der Waals surface area contributed by atoms with Crippen LogP contribution in [0.4, 0.5) is 5.82 Å². The number of hydrogen-bond acceptors (Lipinski definition) is 4. The molecule has 7 heteroatoms. The Balaban J connectivity index is 2.15. The predicted octanol–water partition coefficient (Wildman–Crippen LogP) is 2.33. The molecule has 6 nitrogen and oxygen atoms in total. The number of nitrogens with one attached hydrogen (secondary N) is 2. The van der Waals surface area contributed by atoms with Crippen molar-refractivity contribution >= 4 is 17.4 Å². The zero-order chi connectivity index (χ0) is 17.4. The van der Waals surface area contributed by atoms with Gasteiger partial charge in [0.25, 0.3) is 5.56 Å². The van der Waals surface area contributed by atoms with Crippen molar-refractivity contribution in [2.75, 3.05) is 18.5 Å². The molecule has 2 heterocycles. The average molecular weight is 349 g/mol. The van der Waals surface area contributed by atoms with E-state index in [0.717, 1.165) is 12.1 Å². The van der Waals surface area contributed by atoms with E-state index >= 15 is 0 Å². The van der Waals surface area contributed by atoms with E-state index < -0.39 is 5.69 Å². The summed E-state index contributed by atoms with van der Waals surface area (Å²) in [5.74, 6) is 1.04. The first-order valence-electron chi connectivity index (χ1n) is 7.98. The Morgan fingerprint density at radius 1 is 1.29 bits per heavy atom. The van der Waals surface area contributed by atoms with Crippen molar-refractivity contribution in [3.8, 4) is 5.69 Å². The largest absolute Gasteiger partial charge is 0.358 e. The second kappa shape index (κ2) is 6.45. The summed E-state index contributed by atoms with van der Waals surface area (Å²) in [6.07, 6.45) is 0. The second-order valence-corrected chi connectivity index (χ2v) is 6.95. The second-order valence-electron chi connectivity index (χ2n) is 6.55. The summed E-state index contributed by atoms with van der Waals surface area (Å²) in [6.45, 7) is 8.10. The van der Waals surface area contributed by atoms with Crippen molar-refractivity contribution in [2.24, 2.45) is 5.92 Å². The summed E-state index contributed by atoms with van der Waals surface area (Å²) in [5.41, 5.74) is 1.23. The van der Waals surface area contributed by atoms with Gasteiger partial charge in [-0.1, -0.05) is 31.5 Å². The van der Waals surface area contributed by atoms with Gasteiger partial charge >= 0.3 is 5.69 Å². The molecular weight excluding hydrogens is 328 g/mol. The van der Waals surface area contributed by atoms with E-state index in [1.807, 2.05) is 13.0 Å². The van der Waals surface area contributed by atoms with Crippen LogP contribution in [0.5, 0.6) is 0 Å². The average Bonchev–Trinajstić information content (AvgIpc) is 2.51. The van der Waals surface area contributed by atoms with E-state index in [0.29, 0.717) is 41.2 Å². The number of benzene rings is 1. The fourth-order valence-electron chi connectivity index (χ4n) is 3.08. The van der Waals surface area contributed by atoms with Gasteiger partial charge in [-0.3, -0.25) is 14.7 Å². The van der Waals surface area contributed by atoms with Crippen molar-refractivity contribution in [1.29, 1.82) is 0 Å². The van der Waals surface area contributed by atoms with Gasteiger partial charge in [-0.25, -0.2) is 9.36 Å². The third-order valence-corrected chi connectivity index (χ3v) is 4.57. The number of halogens is 1. The molecule has 0 spiro atoms. The van der Waals surface area contributed by atoms with Gasteiger partial charge in [0, 0.05) is 18.1 Å². The van der Waals surface area contributed by atoms with Gasteiger partial charge in [-0.15, -0.1) is 0 Å². The van der Waals surface area contributed by atoms with Crippen LogP contribution in [0.25, 0.3) is 5.69 Å². The van der Waals surface area contributed by atoms with Gasteiger partial charge in [0.1, 0.15) is 5.82 Å². The highest BCUT2D eigenvalue weighted by molar-refractivity contribution is 6.31. The number of aromatic nitrogens is 2. The fraction of sp³-hybridized carbons (Fsp3) is 0.412. The Kier molecular flexibility index (Phi) is 4.51. The number of rotatable bonds is 3. The van der Waals surface area contributed by atoms with Crippen LogP contribution in [0, 0.1) is 12.8 Å². The molecule has 1 aromatic carbocycles. The van der Waals surface area contributed by atoms with Crippen LogP contribution < -0.4 is 16.6 Å². The van der Waals surface area contributed by atoms with Gasteiger partial charge < -0.3 is 5.32 Å². The van der Waals surface area contributed by atoms with E-state index in [1.54, 1.807) is 12.1 Å². The van der Waals surface area contributed by atoms with Crippen LogP contribution in [-0.2, 0) is 6.54 Å². The summed E-state index contributed by atoms with van der Waals surface area (Å²) in [6, 6.07) is 5.40. The van der Waals surface area contributed by atoms with Crippen molar-refractivity contribution in [3.05, 3.63) is 55.2 Å². The molecule has 0 bridgehead atoms. The molecule has 0 fully saturated rings. The minimum atomic E-state index is -0.464. The first-order valence-corrected chi connectivity index (χ1v) is 8.36. The molecule has 1 aliphatic rings. The molecule has 1 aliphatic heterocycles. The molecule has 3 rings (SSSR count). The molecule has 0 atom stereocenters. The van der Waals surface area contributed by atoms with Crippen molar-refractivity contribution < 1.29 is 0 Å². The molecule has 24 heavy (non-hydrogen) atoms. The summed E-state index contributed by atoms with van der Waals surface area (Å²) in [4.78, 5) is 29.3. The van der Waals surface area contributed by atoms with Crippen LogP contribution >= 0.6 is 11.6 Å². The van der Waals surface area contributed by atoms with Crippen molar-refractivity contribution in [3.63, 3.8) is 0 Å². The lowest BCUT2D eigenvalue weighted by molar-refractivity contribution is 0.242. The quantitative estimate of drug-likeness (QED) is 0.893. The minimum absolute atomic E-state index is 0.341. The highest BCUT2D eigenvalue weighted by Crippen LogP contribution is 2.26. The molecule has 2 N–H and O–H groups in total. The summed E-state index contributed by atoms with van der Waals surface area (Å²) < 4.78 is 1.50. The summed E-state index contributed by atoms with van der Waals surface area (Å²) >= 11 is 6.20. The highest BCUT2D eigenvalue weighted by Gasteiger charge is 2.24. The van der Waals surface area contributed by atoms with Gasteiger partial charge in [0.15, 0.2) is 0 Å². The minimum Gasteiger partial charge on any atom is -0.358 e. The molecule has 0 unspecified atom stereocenters. The van der Waals surface area contributed by atoms with Crippen molar-refractivity contribution in [2.45, 2.75) is 27.3 Å². The van der Waals surface area contributed by atoms with Gasteiger partial charge in [0.2, 0.25) is 0 Å².